The molecule has 0 aliphatic rings. The number of aromatic nitrogens is 1. The Balaban J connectivity index is 1.53. The number of amides is 1. The van der Waals surface area contributed by atoms with Gasteiger partial charge >= 0.3 is 0 Å². The molecule has 4 rings (SSSR count). The first-order valence-corrected chi connectivity index (χ1v) is 10.5. The Bertz CT molecular complexity index is 1160. The van der Waals surface area contributed by atoms with Crippen molar-refractivity contribution >= 4 is 34.4 Å². The molecule has 1 N–H and O–H groups in total. The number of carbonyl (C=O) groups is 1. The molecule has 4 aromatic rings. The van der Waals surface area contributed by atoms with E-state index in [0.29, 0.717) is 11.5 Å². The summed E-state index contributed by atoms with van der Waals surface area (Å²) in [6, 6.07) is 20.5. The molecule has 4 nitrogen and oxygen atoms in total. The van der Waals surface area contributed by atoms with E-state index in [0.717, 1.165) is 23.0 Å². The number of fused-ring (bicyclic) bond motifs is 1. The molecule has 2 aromatic heterocycles. The lowest BCUT2D eigenvalue weighted by atomic mass is 10.1. The molecule has 1 amide bonds. The van der Waals surface area contributed by atoms with Gasteiger partial charge in [0.05, 0.1) is 11.8 Å². The monoisotopic (exact) mass is 401 g/mol. The Labute approximate surface area is 174 Å². The highest BCUT2D eigenvalue weighted by atomic mass is 32.1. The van der Waals surface area contributed by atoms with Crippen molar-refractivity contribution in [1.82, 2.24) is 9.99 Å². The Hall–Kier alpha value is -3.18. The van der Waals surface area contributed by atoms with E-state index in [1.54, 1.807) is 17.6 Å². The summed E-state index contributed by atoms with van der Waals surface area (Å²) < 4.78 is 2.21. The second-order valence-corrected chi connectivity index (χ2v) is 8.25. The number of hydrogen-bond donors (Lipinski definition) is 1. The van der Waals surface area contributed by atoms with Gasteiger partial charge in [-0.25, -0.2) is 5.43 Å². The van der Waals surface area contributed by atoms with Gasteiger partial charge in [0, 0.05) is 39.5 Å². The zero-order valence-electron chi connectivity index (χ0n) is 16.5. The van der Waals surface area contributed by atoms with Gasteiger partial charge in [0.1, 0.15) is 0 Å². The third-order valence-corrected chi connectivity index (χ3v) is 6.07. The molecule has 0 aliphatic heterocycles. The van der Waals surface area contributed by atoms with Crippen LogP contribution in [0.2, 0.25) is 0 Å². The first kappa shape index (κ1) is 19.2. The quantitative estimate of drug-likeness (QED) is 0.330. The fourth-order valence-corrected chi connectivity index (χ4v) is 4.19. The average Bonchev–Trinajstić information content (AvgIpc) is 3.35. The van der Waals surface area contributed by atoms with Crippen LogP contribution in [0.5, 0.6) is 0 Å². The van der Waals surface area contributed by atoms with Crippen molar-refractivity contribution in [2.24, 2.45) is 5.10 Å². The number of rotatable bonds is 6. The topological polar surface area (TPSA) is 46.4 Å². The molecule has 29 heavy (non-hydrogen) atoms. The highest BCUT2D eigenvalue weighted by Crippen LogP contribution is 2.23. The summed E-state index contributed by atoms with van der Waals surface area (Å²) in [5.74, 6) is 0.234. The molecule has 2 aromatic carbocycles. The molecular formula is C24H23N3OS. The van der Waals surface area contributed by atoms with Crippen molar-refractivity contribution < 1.29 is 4.79 Å². The van der Waals surface area contributed by atoms with Gasteiger partial charge in [0.25, 0.3) is 5.91 Å². The predicted octanol–water partition coefficient (Wildman–Crippen LogP) is 5.64. The smallest absolute Gasteiger partial charge is 0.272 e. The third kappa shape index (κ3) is 4.30. The van der Waals surface area contributed by atoms with Gasteiger partial charge in [-0.2, -0.15) is 5.10 Å². The van der Waals surface area contributed by atoms with Crippen LogP contribution in [0.25, 0.3) is 10.9 Å². The van der Waals surface area contributed by atoms with E-state index in [1.807, 2.05) is 41.8 Å². The van der Waals surface area contributed by atoms with E-state index in [1.165, 1.54) is 10.4 Å². The minimum atomic E-state index is -0.183. The molecule has 0 bridgehead atoms. The molecule has 0 unspecified atom stereocenters. The normalized spacial score (nSPS) is 11.6. The second-order valence-electron chi connectivity index (χ2n) is 7.31. The second kappa shape index (κ2) is 8.45. The molecule has 0 saturated carbocycles. The molecule has 0 saturated heterocycles. The lowest BCUT2D eigenvalue weighted by molar-refractivity contribution is 0.0955. The molecule has 5 heteroatoms. The summed E-state index contributed by atoms with van der Waals surface area (Å²) in [7, 11) is 0. The standard InChI is InChI=1S/C24H23N3OS/c1-17(2)23-12-19(16-29-23)24(28)26-25-13-20-15-27(14-18-8-4-3-5-9-18)22-11-7-6-10-21(20)22/h3-13,15-17H,14H2,1-2H3,(H,26,28)/b25-13-. The van der Waals surface area contributed by atoms with E-state index in [2.05, 4.69) is 59.4 Å². The first-order valence-electron chi connectivity index (χ1n) is 9.65. The maximum atomic E-state index is 12.4. The number of hydrazone groups is 1. The SMILES string of the molecule is CC(C)c1cc(C(=O)N/N=C\c2cn(Cc3ccccc3)c3ccccc23)cs1. The largest absolute Gasteiger partial charge is 0.342 e. The zero-order valence-corrected chi connectivity index (χ0v) is 17.3. The van der Waals surface area contributed by atoms with Gasteiger partial charge in [0.2, 0.25) is 0 Å². The van der Waals surface area contributed by atoms with E-state index in [-0.39, 0.29) is 5.91 Å². The van der Waals surface area contributed by atoms with Crippen LogP contribution in [0.15, 0.2) is 77.3 Å². The highest BCUT2D eigenvalue weighted by Gasteiger charge is 2.10. The van der Waals surface area contributed by atoms with Crippen LogP contribution in [0.4, 0.5) is 0 Å². The van der Waals surface area contributed by atoms with E-state index < -0.39 is 0 Å². The molecular weight excluding hydrogens is 378 g/mol. The Morgan fingerprint density at radius 3 is 2.66 bits per heavy atom. The molecule has 0 aliphatic carbocycles. The van der Waals surface area contributed by atoms with E-state index in [9.17, 15) is 4.79 Å². The Morgan fingerprint density at radius 1 is 1.14 bits per heavy atom. The minimum absolute atomic E-state index is 0.183. The van der Waals surface area contributed by atoms with Gasteiger partial charge < -0.3 is 4.57 Å². The average molecular weight is 402 g/mol. The molecule has 0 radical (unpaired) electrons. The van der Waals surface area contributed by atoms with E-state index >= 15 is 0 Å². The summed E-state index contributed by atoms with van der Waals surface area (Å²) >= 11 is 1.61. The Kier molecular flexibility index (Phi) is 5.58. The lowest BCUT2D eigenvalue weighted by Crippen LogP contribution is -2.16. The van der Waals surface area contributed by atoms with Crippen molar-refractivity contribution in [2.45, 2.75) is 26.3 Å². The van der Waals surface area contributed by atoms with Crippen molar-refractivity contribution in [2.75, 3.05) is 0 Å². The van der Waals surface area contributed by atoms with Gasteiger partial charge in [-0.3, -0.25) is 4.79 Å². The van der Waals surface area contributed by atoms with Crippen LogP contribution >= 0.6 is 11.3 Å². The number of benzene rings is 2. The van der Waals surface area contributed by atoms with Crippen LogP contribution in [-0.4, -0.2) is 16.7 Å². The Morgan fingerprint density at radius 2 is 1.90 bits per heavy atom. The molecule has 0 atom stereocenters. The molecule has 0 spiro atoms. The number of para-hydroxylation sites is 1. The fourth-order valence-electron chi connectivity index (χ4n) is 3.29. The van der Waals surface area contributed by atoms with Gasteiger partial charge in [-0.15, -0.1) is 11.3 Å². The van der Waals surface area contributed by atoms with Crippen LogP contribution in [0.1, 0.15) is 46.1 Å². The summed E-state index contributed by atoms with van der Waals surface area (Å²) in [5, 5.41) is 7.20. The van der Waals surface area contributed by atoms with Crippen LogP contribution in [0.3, 0.4) is 0 Å². The molecule has 0 fully saturated rings. The molecule has 146 valence electrons. The van der Waals surface area contributed by atoms with Crippen molar-refractivity contribution in [3.63, 3.8) is 0 Å². The summed E-state index contributed by atoms with van der Waals surface area (Å²) in [5.41, 5.74) is 6.66. The summed E-state index contributed by atoms with van der Waals surface area (Å²) in [4.78, 5) is 13.6. The van der Waals surface area contributed by atoms with Crippen LogP contribution < -0.4 is 5.43 Å². The highest BCUT2D eigenvalue weighted by molar-refractivity contribution is 7.10. The third-order valence-electron chi connectivity index (χ3n) is 4.84. The maximum Gasteiger partial charge on any atom is 0.272 e. The number of thiophene rings is 1. The van der Waals surface area contributed by atoms with Crippen molar-refractivity contribution in [3.8, 4) is 0 Å². The summed E-state index contributed by atoms with van der Waals surface area (Å²) in [6.45, 7) is 5.03. The van der Waals surface area contributed by atoms with Crippen molar-refractivity contribution in [1.29, 1.82) is 0 Å². The van der Waals surface area contributed by atoms with E-state index in [4.69, 9.17) is 0 Å². The van der Waals surface area contributed by atoms with Crippen LogP contribution in [0, 0.1) is 0 Å². The minimum Gasteiger partial charge on any atom is -0.342 e. The number of carbonyl (C=O) groups excluding carboxylic acids is 1. The molecule has 2 heterocycles. The summed E-state index contributed by atoms with van der Waals surface area (Å²) in [6.07, 6.45) is 3.80. The van der Waals surface area contributed by atoms with Crippen molar-refractivity contribution in [3.05, 3.63) is 93.8 Å². The van der Waals surface area contributed by atoms with Gasteiger partial charge in [-0.05, 0) is 23.6 Å². The number of nitrogens with one attached hydrogen (secondary N) is 1. The maximum absolute atomic E-state index is 12.4. The number of nitrogens with zero attached hydrogens (tertiary/aromatic N) is 2. The van der Waals surface area contributed by atoms with Crippen LogP contribution in [-0.2, 0) is 6.54 Å². The van der Waals surface area contributed by atoms with Gasteiger partial charge in [-0.1, -0.05) is 62.4 Å². The fraction of sp³-hybridized carbons (Fsp3) is 0.167. The lowest BCUT2D eigenvalue weighted by Gasteiger charge is -2.05. The van der Waals surface area contributed by atoms with Gasteiger partial charge in [0.15, 0.2) is 0 Å². The zero-order chi connectivity index (χ0) is 20.2. The first-order chi connectivity index (χ1) is 14.1. The number of hydrogen-bond acceptors (Lipinski definition) is 3. The predicted molar refractivity (Wildman–Crippen MR) is 121 cm³/mol.